The van der Waals surface area contributed by atoms with E-state index in [4.69, 9.17) is 28.8 Å². The predicted molar refractivity (Wildman–Crippen MR) is 79.0 cm³/mol. The molecule has 0 fully saturated rings. The van der Waals surface area contributed by atoms with Gasteiger partial charge in [0.15, 0.2) is 11.5 Å². The van der Waals surface area contributed by atoms with Gasteiger partial charge in [0.1, 0.15) is 12.7 Å². The molecule has 0 bridgehead atoms. The molecule has 22 heavy (non-hydrogen) atoms. The van der Waals surface area contributed by atoms with Gasteiger partial charge in [0, 0.05) is 19.2 Å². The van der Waals surface area contributed by atoms with Crippen molar-refractivity contribution >= 4 is 11.8 Å². The van der Waals surface area contributed by atoms with E-state index in [1.54, 1.807) is 12.1 Å². The summed E-state index contributed by atoms with van der Waals surface area (Å²) in [7, 11) is 5.86. The Morgan fingerprint density at radius 1 is 1.14 bits per heavy atom. The summed E-state index contributed by atoms with van der Waals surface area (Å²) >= 11 is 0. The smallest absolute Gasteiger partial charge is 0.411 e. The number of hydrogen-bond donors (Lipinski definition) is 2. The first-order valence-corrected chi connectivity index (χ1v) is 6.47. The van der Waals surface area contributed by atoms with E-state index in [0.717, 1.165) is 0 Å². The van der Waals surface area contributed by atoms with Crippen molar-refractivity contribution in [3.05, 3.63) is 12.1 Å². The molecular weight excluding hydrogens is 294 g/mol. The second-order valence-electron chi connectivity index (χ2n) is 4.18. The molecule has 2 N–H and O–H groups in total. The van der Waals surface area contributed by atoms with Crippen LogP contribution >= 0.6 is 0 Å². The highest BCUT2D eigenvalue weighted by molar-refractivity contribution is 5.86. The SMILES string of the molecule is COc1cc(NC(=O)OCC(CO)OC)cc(OC)c1OC. The molecule has 1 aromatic carbocycles. The largest absolute Gasteiger partial charge is 0.493 e. The van der Waals surface area contributed by atoms with Crippen LogP contribution in [0.4, 0.5) is 10.5 Å². The van der Waals surface area contributed by atoms with Gasteiger partial charge < -0.3 is 28.8 Å². The molecule has 1 atom stereocenters. The van der Waals surface area contributed by atoms with Gasteiger partial charge in [0.05, 0.1) is 33.6 Å². The number of amides is 1. The number of nitrogens with one attached hydrogen (secondary N) is 1. The van der Waals surface area contributed by atoms with E-state index in [9.17, 15) is 4.79 Å². The Hall–Kier alpha value is -2.19. The molecule has 8 nitrogen and oxygen atoms in total. The van der Waals surface area contributed by atoms with Crippen LogP contribution in [0, 0.1) is 0 Å². The van der Waals surface area contributed by atoms with Crippen molar-refractivity contribution in [2.45, 2.75) is 6.10 Å². The lowest BCUT2D eigenvalue weighted by Gasteiger charge is -2.15. The molecule has 0 radical (unpaired) electrons. The Labute approximate surface area is 128 Å². The molecule has 0 aromatic heterocycles. The molecule has 8 heteroatoms. The van der Waals surface area contributed by atoms with Gasteiger partial charge in [-0.25, -0.2) is 4.79 Å². The van der Waals surface area contributed by atoms with Crippen LogP contribution in [0.25, 0.3) is 0 Å². The van der Waals surface area contributed by atoms with E-state index in [1.807, 2.05) is 0 Å². The van der Waals surface area contributed by atoms with E-state index in [0.29, 0.717) is 22.9 Å². The molecule has 1 aromatic rings. The number of rotatable bonds is 8. The minimum atomic E-state index is -0.690. The van der Waals surface area contributed by atoms with Gasteiger partial charge in [-0.05, 0) is 0 Å². The topological polar surface area (TPSA) is 95.5 Å². The Morgan fingerprint density at radius 2 is 1.73 bits per heavy atom. The third-order valence-corrected chi connectivity index (χ3v) is 2.85. The first-order chi connectivity index (χ1) is 10.6. The fraction of sp³-hybridized carbons (Fsp3) is 0.500. The normalized spacial score (nSPS) is 11.5. The average molecular weight is 315 g/mol. The zero-order valence-corrected chi connectivity index (χ0v) is 13.0. The van der Waals surface area contributed by atoms with E-state index < -0.39 is 12.2 Å². The zero-order valence-electron chi connectivity index (χ0n) is 13.0. The molecule has 0 aliphatic carbocycles. The highest BCUT2D eigenvalue weighted by Gasteiger charge is 2.15. The van der Waals surface area contributed by atoms with Gasteiger partial charge in [-0.2, -0.15) is 0 Å². The van der Waals surface area contributed by atoms with Gasteiger partial charge in [-0.3, -0.25) is 5.32 Å². The molecule has 0 saturated heterocycles. The van der Waals surface area contributed by atoms with E-state index in [2.05, 4.69) is 5.32 Å². The second-order valence-corrected chi connectivity index (χ2v) is 4.18. The third kappa shape index (κ3) is 4.68. The molecule has 124 valence electrons. The minimum absolute atomic E-state index is 0.0662. The van der Waals surface area contributed by atoms with Crippen molar-refractivity contribution < 1.29 is 33.6 Å². The van der Waals surface area contributed by atoms with Crippen LogP contribution in [-0.4, -0.2) is 59.0 Å². The quantitative estimate of drug-likeness (QED) is 0.745. The van der Waals surface area contributed by atoms with Crippen LogP contribution < -0.4 is 19.5 Å². The maximum atomic E-state index is 11.7. The summed E-state index contributed by atoms with van der Waals surface area (Å²) in [4.78, 5) is 11.7. The molecule has 0 saturated carbocycles. The van der Waals surface area contributed by atoms with Gasteiger partial charge >= 0.3 is 6.09 Å². The summed E-state index contributed by atoms with van der Waals surface area (Å²) in [5, 5.41) is 11.5. The van der Waals surface area contributed by atoms with Crippen LogP contribution in [0.5, 0.6) is 17.2 Å². The molecule has 0 aliphatic heterocycles. The van der Waals surface area contributed by atoms with Crippen LogP contribution in [0.15, 0.2) is 12.1 Å². The van der Waals surface area contributed by atoms with Crippen molar-refractivity contribution in [3.63, 3.8) is 0 Å². The first-order valence-electron chi connectivity index (χ1n) is 6.47. The van der Waals surface area contributed by atoms with Crippen LogP contribution in [0.2, 0.25) is 0 Å². The summed E-state index contributed by atoms with van der Waals surface area (Å²) in [5.41, 5.74) is 0.414. The number of methoxy groups -OCH3 is 4. The maximum absolute atomic E-state index is 11.7. The Kier molecular flexibility index (Phi) is 7.27. The van der Waals surface area contributed by atoms with Crippen molar-refractivity contribution in [3.8, 4) is 17.2 Å². The molecule has 0 spiro atoms. The number of ether oxygens (including phenoxy) is 5. The van der Waals surface area contributed by atoms with E-state index in [-0.39, 0.29) is 13.2 Å². The summed E-state index contributed by atoms with van der Waals surface area (Å²) < 4.78 is 25.4. The fourth-order valence-electron chi connectivity index (χ4n) is 1.67. The lowest BCUT2D eigenvalue weighted by molar-refractivity contribution is 0.00447. The number of carbonyl (C=O) groups excluding carboxylic acids is 1. The van der Waals surface area contributed by atoms with Crippen LogP contribution in [-0.2, 0) is 9.47 Å². The first kappa shape index (κ1) is 17.9. The summed E-state index contributed by atoms with van der Waals surface area (Å²) in [6, 6.07) is 3.14. The van der Waals surface area contributed by atoms with E-state index >= 15 is 0 Å². The fourth-order valence-corrected chi connectivity index (χ4v) is 1.67. The highest BCUT2D eigenvalue weighted by Crippen LogP contribution is 2.39. The summed E-state index contributed by atoms with van der Waals surface area (Å²) in [6.45, 7) is -0.308. The Balaban J connectivity index is 2.78. The Morgan fingerprint density at radius 3 is 2.14 bits per heavy atom. The predicted octanol–water partition coefficient (Wildman–Crippen LogP) is 1.27. The summed E-state index contributed by atoms with van der Waals surface area (Å²) in [5.74, 6) is 1.23. The molecule has 0 aliphatic rings. The molecule has 1 rings (SSSR count). The van der Waals surface area contributed by atoms with Gasteiger partial charge in [-0.15, -0.1) is 0 Å². The van der Waals surface area contributed by atoms with Crippen LogP contribution in [0.1, 0.15) is 0 Å². The lowest BCUT2D eigenvalue weighted by atomic mass is 10.2. The van der Waals surface area contributed by atoms with Gasteiger partial charge in [0.2, 0.25) is 5.75 Å². The lowest BCUT2D eigenvalue weighted by Crippen LogP contribution is -2.26. The van der Waals surface area contributed by atoms with Crippen molar-refractivity contribution in [2.75, 3.05) is 47.0 Å². The average Bonchev–Trinajstić information content (AvgIpc) is 2.54. The third-order valence-electron chi connectivity index (χ3n) is 2.85. The van der Waals surface area contributed by atoms with Gasteiger partial charge in [0.25, 0.3) is 0 Å². The number of anilines is 1. The second kappa shape index (κ2) is 8.96. The Bertz CT molecular complexity index is 463. The number of benzene rings is 1. The number of aliphatic hydroxyl groups excluding tert-OH is 1. The summed E-state index contributed by atoms with van der Waals surface area (Å²) in [6.07, 6.45) is -1.25. The number of carbonyl (C=O) groups is 1. The molecular formula is C14H21NO7. The van der Waals surface area contributed by atoms with Crippen LogP contribution in [0.3, 0.4) is 0 Å². The van der Waals surface area contributed by atoms with Gasteiger partial charge in [-0.1, -0.05) is 0 Å². The molecule has 0 heterocycles. The molecule has 1 amide bonds. The van der Waals surface area contributed by atoms with Crippen molar-refractivity contribution in [1.82, 2.24) is 0 Å². The zero-order chi connectivity index (χ0) is 16.5. The maximum Gasteiger partial charge on any atom is 0.411 e. The van der Waals surface area contributed by atoms with E-state index in [1.165, 1.54) is 28.4 Å². The minimum Gasteiger partial charge on any atom is -0.493 e. The van der Waals surface area contributed by atoms with Crippen molar-refractivity contribution in [1.29, 1.82) is 0 Å². The highest BCUT2D eigenvalue weighted by atomic mass is 16.6. The standard InChI is InChI=1S/C14H21NO7/c1-18-10(7-16)8-22-14(17)15-9-5-11(19-2)13(21-4)12(6-9)20-3/h5-6,10,16H,7-8H2,1-4H3,(H,15,17). The number of aliphatic hydroxyl groups is 1. The monoisotopic (exact) mass is 315 g/mol. The molecule has 1 unspecified atom stereocenters. The van der Waals surface area contributed by atoms with Crippen molar-refractivity contribution in [2.24, 2.45) is 0 Å². The number of hydrogen-bond acceptors (Lipinski definition) is 7.